The van der Waals surface area contributed by atoms with Crippen LogP contribution in [0, 0.1) is 0 Å². The highest BCUT2D eigenvalue weighted by Gasteiger charge is 2.51. The predicted octanol–water partition coefficient (Wildman–Crippen LogP) is 10.6. The number of hydrogen-bond donors (Lipinski definition) is 0. The monoisotopic (exact) mass is 636 g/mol. The lowest BCUT2D eigenvalue weighted by Gasteiger charge is -2.39. The minimum absolute atomic E-state index is 0.568. The van der Waals surface area contributed by atoms with Gasteiger partial charge in [-0.15, -0.1) is 0 Å². The van der Waals surface area contributed by atoms with Gasteiger partial charge in [-0.25, -0.2) is 15.0 Å². The molecule has 0 saturated heterocycles. The van der Waals surface area contributed by atoms with Crippen LogP contribution in [0.3, 0.4) is 0 Å². The third kappa shape index (κ3) is 3.52. The zero-order chi connectivity index (χ0) is 32.8. The van der Waals surface area contributed by atoms with Crippen LogP contribution in [-0.2, 0) is 5.41 Å². The van der Waals surface area contributed by atoms with E-state index in [0.29, 0.717) is 0 Å². The summed E-state index contributed by atoms with van der Waals surface area (Å²) in [5.74, 6) is 1.68. The Balaban J connectivity index is 1.26. The number of hydrogen-bond acceptors (Lipinski definition) is 3. The smallest absolute Gasteiger partial charge is 0.161 e. The zero-order valence-electron chi connectivity index (χ0n) is 27.0. The van der Waals surface area contributed by atoms with Crippen LogP contribution >= 0.6 is 0 Å². The molecule has 4 heteroatoms. The first-order chi connectivity index (χ1) is 24.8. The molecule has 0 saturated carbocycles. The van der Waals surface area contributed by atoms with E-state index in [1.165, 1.54) is 33.4 Å². The van der Waals surface area contributed by atoms with Gasteiger partial charge in [0, 0.05) is 22.1 Å². The fourth-order valence-corrected chi connectivity index (χ4v) is 8.68. The van der Waals surface area contributed by atoms with Gasteiger partial charge >= 0.3 is 0 Å². The van der Waals surface area contributed by atoms with Crippen LogP contribution in [0.5, 0.6) is 0 Å². The van der Waals surface area contributed by atoms with Gasteiger partial charge in [0.05, 0.1) is 33.3 Å². The first-order valence-electron chi connectivity index (χ1n) is 17.1. The number of imidazole rings is 1. The molecule has 0 radical (unpaired) electrons. The molecule has 1 unspecified atom stereocenters. The van der Waals surface area contributed by atoms with E-state index in [1.807, 2.05) is 6.07 Å². The van der Waals surface area contributed by atoms with Crippen molar-refractivity contribution in [3.8, 4) is 50.8 Å². The first kappa shape index (κ1) is 27.3. The molecule has 0 N–H and O–H groups in total. The maximum Gasteiger partial charge on any atom is 0.161 e. The molecule has 3 heterocycles. The van der Waals surface area contributed by atoms with Gasteiger partial charge in [-0.2, -0.15) is 0 Å². The number of aromatic nitrogens is 4. The Morgan fingerprint density at radius 3 is 1.90 bits per heavy atom. The normalized spacial score (nSPS) is 15.3. The summed E-state index contributed by atoms with van der Waals surface area (Å²) in [6, 6.07) is 60.4. The van der Waals surface area contributed by atoms with Crippen LogP contribution < -0.4 is 0 Å². The Labute approximate surface area is 289 Å². The molecule has 0 bridgehead atoms. The van der Waals surface area contributed by atoms with Crippen molar-refractivity contribution in [3.63, 3.8) is 0 Å². The molecule has 9 aromatic rings. The van der Waals surface area contributed by atoms with Crippen LogP contribution in [0.15, 0.2) is 170 Å². The molecule has 232 valence electrons. The topological polar surface area (TPSA) is 43.6 Å². The maximum atomic E-state index is 5.36. The summed E-state index contributed by atoms with van der Waals surface area (Å²) in [6.07, 6.45) is 0. The average molecular weight is 637 g/mol. The van der Waals surface area contributed by atoms with Gasteiger partial charge in [-0.1, -0.05) is 152 Å². The second-order valence-corrected chi connectivity index (χ2v) is 13.1. The Hall–Kier alpha value is -6.65. The van der Waals surface area contributed by atoms with Crippen molar-refractivity contribution in [2.45, 2.75) is 5.41 Å². The van der Waals surface area contributed by atoms with E-state index in [1.54, 1.807) is 0 Å². The lowest BCUT2D eigenvalue weighted by Crippen LogP contribution is -2.33. The maximum absolute atomic E-state index is 5.36. The molecule has 0 amide bonds. The van der Waals surface area contributed by atoms with Crippen molar-refractivity contribution < 1.29 is 0 Å². The fourth-order valence-electron chi connectivity index (χ4n) is 8.68. The van der Waals surface area contributed by atoms with Crippen LogP contribution in [0.4, 0.5) is 0 Å². The summed E-state index contributed by atoms with van der Waals surface area (Å²) >= 11 is 0. The van der Waals surface area contributed by atoms with E-state index in [4.69, 9.17) is 15.0 Å². The molecule has 50 heavy (non-hydrogen) atoms. The van der Waals surface area contributed by atoms with Gasteiger partial charge < -0.3 is 0 Å². The predicted molar refractivity (Wildman–Crippen MR) is 201 cm³/mol. The van der Waals surface area contributed by atoms with Crippen molar-refractivity contribution in [3.05, 3.63) is 192 Å². The van der Waals surface area contributed by atoms with E-state index in [2.05, 4.69) is 168 Å². The molecular formula is C46H28N4. The van der Waals surface area contributed by atoms with Crippen LogP contribution in [-0.4, -0.2) is 19.5 Å². The van der Waals surface area contributed by atoms with Crippen LogP contribution in [0.2, 0.25) is 0 Å². The van der Waals surface area contributed by atoms with Crippen LogP contribution in [0.1, 0.15) is 22.3 Å². The minimum Gasteiger partial charge on any atom is -0.292 e. The molecule has 4 nitrogen and oxygen atoms in total. The van der Waals surface area contributed by atoms with Gasteiger partial charge in [-0.05, 0) is 51.6 Å². The molecule has 2 aliphatic rings. The second-order valence-electron chi connectivity index (χ2n) is 13.1. The summed E-state index contributed by atoms with van der Waals surface area (Å²) in [4.78, 5) is 15.9. The van der Waals surface area contributed by atoms with E-state index in [9.17, 15) is 0 Å². The molecule has 1 atom stereocenters. The highest BCUT2D eigenvalue weighted by molar-refractivity contribution is 6.01. The highest BCUT2D eigenvalue weighted by atomic mass is 15.1. The quantitative estimate of drug-likeness (QED) is 0.194. The fraction of sp³-hybridized carbons (Fsp3) is 0.0217. The molecule has 1 spiro atoms. The molecule has 7 aromatic carbocycles. The third-order valence-corrected chi connectivity index (χ3v) is 10.6. The molecule has 1 aliphatic carbocycles. The Bertz CT molecular complexity index is 2820. The Kier molecular flexibility index (Phi) is 5.56. The summed E-state index contributed by atoms with van der Waals surface area (Å²) in [7, 11) is 0. The van der Waals surface area contributed by atoms with Gasteiger partial charge in [0.25, 0.3) is 0 Å². The van der Waals surface area contributed by atoms with Crippen molar-refractivity contribution in [2.24, 2.45) is 0 Å². The van der Waals surface area contributed by atoms with Crippen LogP contribution in [0.25, 0.3) is 72.8 Å². The van der Waals surface area contributed by atoms with Gasteiger partial charge in [0.2, 0.25) is 0 Å². The number of benzene rings is 7. The van der Waals surface area contributed by atoms with E-state index in [0.717, 1.165) is 61.7 Å². The van der Waals surface area contributed by atoms with E-state index in [-0.39, 0.29) is 0 Å². The number of nitrogens with zero attached hydrogens (tertiary/aromatic N) is 4. The SMILES string of the molecule is c1ccc(-c2nc(-c3cccc4c3-c3ccccc3C43c4ccccc4-n4c(-c5ccccc5)nc5cccc3c54)nc3ccccc23)cc1. The molecule has 0 fully saturated rings. The van der Waals surface area contributed by atoms with Crippen molar-refractivity contribution in [1.29, 1.82) is 0 Å². The standard InChI is InChI=1S/C46H28N4/c1-3-15-29(16-4-1)42-32-20-8-11-26-38(32)47-44(49-42)33-21-13-24-36-41(33)31-19-7-9-22-34(31)46(36)35-23-10-12-28-40(35)50-43-37(46)25-14-27-39(43)48-45(50)30-17-5-2-6-18-30/h1-28H. The molecule has 1 aliphatic heterocycles. The van der Waals surface area contributed by atoms with Gasteiger partial charge in [-0.3, -0.25) is 4.57 Å². The average Bonchev–Trinajstić information content (AvgIpc) is 3.73. The molecular weight excluding hydrogens is 609 g/mol. The highest BCUT2D eigenvalue weighted by Crippen LogP contribution is 2.62. The summed E-state index contributed by atoms with van der Waals surface area (Å²) in [6.45, 7) is 0. The van der Waals surface area contributed by atoms with Crippen molar-refractivity contribution >= 4 is 21.9 Å². The lowest BCUT2D eigenvalue weighted by atomic mass is 9.65. The molecule has 11 rings (SSSR count). The van der Waals surface area contributed by atoms with E-state index < -0.39 is 5.41 Å². The van der Waals surface area contributed by atoms with Gasteiger partial charge in [0.1, 0.15) is 5.82 Å². The lowest BCUT2D eigenvalue weighted by molar-refractivity contribution is 0.746. The first-order valence-corrected chi connectivity index (χ1v) is 17.1. The largest absolute Gasteiger partial charge is 0.292 e. The number of fused-ring (bicyclic) bond motifs is 10. The third-order valence-electron chi connectivity index (χ3n) is 10.6. The van der Waals surface area contributed by atoms with E-state index >= 15 is 0 Å². The summed E-state index contributed by atoms with van der Waals surface area (Å²) < 4.78 is 2.38. The zero-order valence-corrected chi connectivity index (χ0v) is 27.0. The number of rotatable bonds is 3. The van der Waals surface area contributed by atoms with Crippen molar-refractivity contribution in [1.82, 2.24) is 19.5 Å². The van der Waals surface area contributed by atoms with Crippen molar-refractivity contribution in [2.75, 3.05) is 0 Å². The molecule has 2 aromatic heterocycles. The number of para-hydroxylation sites is 3. The summed E-state index contributed by atoms with van der Waals surface area (Å²) in [5.41, 5.74) is 15.1. The van der Waals surface area contributed by atoms with Gasteiger partial charge in [0.15, 0.2) is 5.82 Å². The second kappa shape index (κ2) is 10.2. The Morgan fingerprint density at radius 1 is 0.420 bits per heavy atom. The minimum atomic E-state index is -0.568. The summed E-state index contributed by atoms with van der Waals surface area (Å²) in [5, 5.41) is 1.04. The Morgan fingerprint density at radius 2 is 1.04 bits per heavy atom.